The fourth-order valence-electron chi connectivity index (χ4n) is 5.27. The van der Waals surface area contributed by atoms with Gasteiger partial charge in [0.15, 0.2) is 11.6 Å². The smallest absolute Gasteiger partial charge is 0.224 e. The molecule has 7 heteroatoms. The van der Waals surface area contributed by atoms with Crippen LogP contribution >= 0.6 is 0 Å². The molecule has 27 heavy (non-hydrogen) atoms. The number of likely N-dealkylation sites (tertiary alicyclic amines) is 1. The van der Waals surface area contributed by atoms with Crippen molar-refractivity contribution in [2.45, 2.75) is 44.2 Å². The van der Waals surface area contributed by atoms with Crippen molar-refractivity contribution < 1.29 is 18.4 Å². The van der Waals surface area contributed by atoms with Gasteiger partial charge in [-0.1, -0.05) is 12.1 Å². The van der Waals surface area contributed by atoms with E-state index in [4.69, 9.17) is 0 Å². The Kier molecular flexibility index (Phi) is 4.88. The number of benzene rings is 1. The molecule has 3 unspecified atom stereocenters. The van der Waals surface area contributed by atoms with Crippen LogP contribution < -0.4 is 5.32 Å². The van der Waals surface area contributed by atoms with E-state index in [-0.39, 0.29) is 36.2 Å². The van der Waals surface area contributed by atoms with E-state index in [2.05, 4.69) is 10.2 Å². The predicted octanol–water partition coefficient (Wildman–Crippen LogP) is 1.88. The largest absolute Gasteiger partial charge is 0.356 e. The van der Waals surface area contributed by atoms with Crippen molar-refractivity contribution in [1.82, 2.24) is 15.1 Å². The highest BCUT2D eigenvalue weighted by molar-refractivity contribution is 5.79. The van der Waals surface area contributed by atoms with E-state index in [1.165, 1.54) is 6.92 Å². The minimum absolute atomic E-state index is 0.0215. The first-order valence-corrected chi connectivity index (χ1v) is 9.69. The summed E-state index contributed by atoms with van der Waals surface area (Å²) in [5.41, 5.74) is 0.370. The summed E-state index contributed by atoms with van der Waals surface area (Å²) in [5, 5.41) is 2.66. The minimum Gasteiger partial charge on any atom is -0.356 e. The molecule has 2 amide bonds. The number of nitrogens with zero attached hydrogens (tertiary/aromatic N) is 2. The van der Waals surface area contributed by atoms with Crippen LogP contribution in [0.5, 0.6) is 0 Å². The third kappa shape index (κ3) is 3.22. The Hall–Kier alpha value is -2.02. The lowest BCUT2D eigenvalue weighted by atomic mass is 9.75. The number of piperidine rings is 3. The molecule has 0 radical (unpaired) electrons. The molecule has 0 saturated carbocycles. The van der Waals surface area contributed by atoms with Gasteiger partial charge in [-0.3, -0.25) is 14.5 Å². The van der Waals surface area contributed by atoms with Gasteiger partial charge in [0.25, 0.3) is 0 Å². The highest BCUT2D eigenvalue weighted by Gasteiger charge is 2.54. The number of hydrogen-bond donors (Lipinski definition) is 1. The maximum Gasteiger partial charge on any atom is 0.224 e. The second-order valence-corrected chi connectivity index (χ2v) is 7.88. The van der Waals surface area contributed by atoms with Crippen molar-refractivity contribution in [3.05, 3.63) is 35.4 Å². The Morgan fingerprint density at radius 2 is 1.93 bits per heavy atom. The molecule has 1 aromatic carbocycles. The molecule has 0 aromatic heterocycles. The maximum absolute atomic E-state index is 14.5. The number of amides is 2. The SMILES string of the molecule is CC(=O)NCCC(=O)N1CC(c2cccc(F)c2F)C2C1C1CCN2CC1. The third-order valence-corrected chi connectivity index (χ3v) is 6.41. The number of carbonyl (C=O) groups is 2. The first kappa shape index (κ1) is 18.3. The van der Waals surface area contributed by atoms with Gasteiger partial charge in [0, 0.05) is 38.4 Å². The van der Waals surface area contributed by atoms with Gasteiger partial charge in [-0.25, -0.2) is 8.78 Å². The molecule has 1 aromatic rings. The Bertz CT molecular complexity index is 749. The topological polar surface area (TPSA) is 52.7 Å². The maximum atomic E-state index is 14.5. The summed E-state index contributed by atoms with van der Waals surface area (Å²) >= 11 is 0. The molecule has 4 aliphatic heterocycles. The van der Waals surface area contributed by atoms with E-state index in [1.807, 2.05) is 4.90 Å². The van der Waals surface area contributed by atoms with Gasteiger partial charge in [0.2, 0.25) is 11.8 Å². The lowest BCUT2D eigenvalue weighted by molar-refractivity contribution is -0.135. The second kappa shape index (κ2) is 7.19. The van der Waals surface area contributed by atoms with Crippen molar-refractivity contribution >= 4 is 11.8 Å². The summed E-state index contributed by atoms with van der Waals surface area (Å²) in [6.07, 6.45) is 2.30. The van der Waals surface area contributed by atoms with E-state index in [9.17, 15) is 18.4 Å². The summed E-state index contributed by atoms with van der Waals surface area (Å²) in [6, 6.07) is 4.41. The normalized spacial score (nSPS) is 31.7. The fourth-order valence-corrected chi connectivity index (χ4v) is 5.27. The second-order valence-electron chi connectivity index (χ2n) is 7.88. The van der Waals surface area contributed by atoms with Crippen LogP contribution in [0.25, 0.3) is 0 Å². The molecule has 4 saturated heterocycles. The van der Waals surface area contributed by atoms with Crippen LogP contribution in [-0.4, -0.2) is 59.9 Å². The summed E-state index contributed by atoms with van der Waals surface area (Å²) in [4.78, 5) is 28.2. The minimum atomic E-state index is -0.838. The van der Waals surface area contributed by atoms with E-state index < -0.39 is 11.6 Å². The van der Waals surface area contributed by atoms with Crippen LogP contribution in [0.15, 0.2) is 18.2 Å². The third-order valence-electron chi connectivity index (χ3n) is 6.41. The molecule has 2 bridgehead atoms. The van der Waals surface area contributed by atoms with Crippen molar-refractivity contribution in [2.24, 2.45) is 5.92 Å². The molecule has 0 spiro atoms. The summed E-state index contributed by atoms with van der Waals surface area (Å²) in [6.45, 7) is 4.03. The van der Waals surface area contributed by atoms with Gasteiger partial charge < -0.3 is 10.2 Å². The average Bonchev–Trinajstić information content (AvgIpc) is 3.07. The molecule has 146 valence electrons. The Labute approximate surface area is 157 Å². The van der Waals surface area contributed by atoms with Crippen LogP contribution in [0.4, 0.5) is 8.78 Å². The zero-order valence-corrected chi connectivity index (χ0v) is 15.5. The highest BCUT2D eigenvalue weighted by atomic mass is 19.2. The van der Waals surface area contributed by atoms with Crippen molar-refractivity contribution in [3.8, 4) is 0 Å². The number of carbonyl (C=O) groups excluding carboxylic acids is 2. The standard InChI is InChI=1S/C20H25F2N3O2/c1-12(26)23-8-5-17(27)25-11-15(14-3-2-4-16(21)18(14)22)20-19(25)13-6-9-24(20)10-7-13/h2-4,13,15,19-20H,5-11H2,1H3,(H,23,26). The zero-order chi connectivity index (χ0) is 19.1. The van der Waals surface area contributed by atoms with Gasteiger partial charge in [0.1, 0.15) is 0 Å². The highest BCUT2D eigenvalue weighted by Crippen LogP contribution is 2.47. The molecule has 4 heterocycles. The first-order chi connectivity index (χ1) is 13.0. The van der Waals surface area contributed by atoms with Crippen LogP contribution in [-0.2, 0) is 9.59 Å². The van der Waals surface area contributed by atoms with Crippen LogP contribution in [0, 0.1) is 17.6 Å². The number of nitrogens with one attached hydrogen (secondary N) is 1. The number of hydrogen-bond acceptors (Lipinski definition) is 3. The Balaban J connectivity index is 1.61. The van der Waals surface area contributed by atoms with E-state index in [1.54, 1.807) is 12.1 Å². The van der Waals surface area contributed by atoms with E-state index in [0.717, 1.165) is 32.0 Å². The van der Waals surface area contributed by atoms with Gasteiger partial charge in [0.05, 0.1) is 6.04 Å². The number of rotatable bonds is 4. The van der Waals surface area contributed by atoms with E-state index >= 15 is 0 Å². The van der Waals surface area contributed by atoms with Crippen molar-refractivity contribution in [3.63, 3.8) is 0 Å². The van der Waals surface area contributed by atoms with Crippen LogP contribution in [0.2, 0.25) is 0 Å². The molecule has 3 atom stereocenters. The molecule has 4 fully saturated rings. The number of fused-ring (bicyclic) bond motifs is 2. The van der Waals surface area contributed by atoms with Gasteiger partial charge in [-0.05, 0) is 43.5 Å². The molecule has 1 N–H and O–H groups in total. The number of halogens is 2. The molecule has 5 rings (SSSR count). The van der Waals surface area contributed by atoms with E-state index in [0.29, 0.717) is 24.6 Å². The molecule has 4 aliphatic rings. The molecular weight excluding hydrogens is 352 g/mol. The van der Waals surface area contributed by atoms with Crippen LogP contribution in [0.3, 0.4) is 0 Å². The summed E-state index contributed by atoms with van der Waals surface area (Å²) in [5.74, 6) is -1.63. The summed E-state index contributed by atoms with van der Waals surface area (Å²) in [7, 11) is 0. The zero-order valence-electron chi connectivity index (χ0n) is 15.5. The molecule has 0 aliphatic carbocycles. The lowest BCUT2D eigenvalue weighted by Crippen LogP contribution is -2.60. The monoisotopic (exact) mass is 377 g/mol. The predicted molar refractivity (Wildman–Crippen MR) is 96.0 cm³/mol. The van der Waals surface area contributed by atoms with Gasteiger partial charge in [-0.15, -0.1) is 0 Å². The quantitative estimate of drug-likeness (QED) is 0.872. The Morgan fingerprint density at radius 3 is 2.63 bits per heavy atom. The Morgan fingerprint density at radius 1 is 1.19 bits per heavy atom. The van der Waals surface area contributed by atoms with Crippen LogP contribution in [0.1, 0.15) is 37.7 Å². The average molecular weight is 377 g/mol. The van der Waals surface area contributed by atoms with Crippen molar-refractivity contribution in [2.75, 3.05) is 26.2 Å². The van der Waals surface area contributed by atoms with Gasteiger partial charge in [-0.2, -0.15) is 0 Å². The lowest BCUT2D eigenvalue weighted by Gasteiger charge is -2.51. The first-order valence-electron chi connectivity index (χ1n) is 9.69. The molecule has 5 nitrogen and oxygen atoms in total. The van der Waals surface area contributed by atoms with Gasteiger partial charge >= 0.3 is 0 Å². The summed E-state index contributed by atoms with van der Waals surface area (Å²) < 4.78 is 28.4. The fraction of sp³-hybridized carbons (Fsp3) is 0.600. The van der Waals surface area contributed by atoms with Crippen molar-refractivity contribution in [1.29, 1.82) is 0 Å². The molecular formula is C20H25F2N3O2.